The van der Waals surface area contributed by atoms with E-state index in [2.05, 4.69) is 105 Å². The molecule has 0 spiro atoms. The summed E-state index contributed by atoms with van der Waals surface area (Å²) in [4.78, 5) is 12.5. The number of nitrogens with one attached hydrogen (secondary N) is 2. The van der Waals surface area contributed by atoms with Crippen molar-refractivity contribution in [3.05, 3.63) is 113 Å². The molecule has 2 aliphatic rings. The third-order valence-electron chi connectivity index (χ3n) is 7.60. The van der Waals surface area contributed by atoms with Crippen molar-refractivity contribution in [3.63, 3.8) is 0 Å². The van der Waals surface area contributed by atoms with Crippen LogP contribution in [0.4, 0.5) is 11.8 Å². The molecule has 6 nitrogen and oxygen atoms in total. The van der Waals surface area contributed by atoms with Gasteiger partial charge in [-0.1, -0.05) is 108 Å². The molecule has 0 amide bonds. The van der Waals surface area contributed by atoms with Gasteiger partial charge in [0.05, 0.1) is 18.9 Å². The molecule has 1 aliphatic carbocycles. The van der Waals surface area contributed by atoms with Gasteiger partial charge in [-0.25, -0.2) is 4.98 Å². The van der Waals surface area contributed by atoms with Crippen LogP contribution in [0.3, 0.4) is 0 Å². The van der Waals surface area contributed by atoms with Crippen LogP contribution in [0.5, 0.6) is 0 Å². The SMILES string of the molecule is C=C/C=C\C=C(/CCC)C1=Cc2nc(N/C(=C/C(=C\CC)C(/C=C\C(C)CC)=C/C=C)NC)nc(N3CCOCC3)c2C1. The van der Waals surface area contributed by atoms with Crippen LogP contribution >= 0.6 is 0 Å². The van der Waals surface area contributed by atoms with E-state index in [4.69, 9.17) is 14.7 Å². The van der Waals surface area contributed by atoms with Gasteiger partial charge < -0.3 is 20.3 Å². The first-order valence-electron chi connectivity index (χ1n) is 15.8. The van der Waals surface area contributed by atoms with E-state index in [-0.39, 0.29) is 0 Å². The number of aromatic nitrogens is 2. The monoisotopic (exact) mass is 581 g/mol. The zero-order valence-corrected chi connectivity index (χ0v) is 27.0. The summed E-state index contributed by atoms with van der Waals surface area (Å²) in [6, 6.07) is 0. The summed E-state index contributed by atoms with van der Waals surface area (Å²) in [7, 11) is 1.92. The maximum atomic E-state index is 5.67. The van der Waals surface area contributed by atoms with Gasteiger partial charge >= 0.3 is 0 Å². The number of fused-ring (bicyclic) bond motifs is 1. The van der Waals surface area contributed by atoms with E-state index in [0.29, 0.717) is 25.1 Å². The van der Waals surface area contributed by atoms with Crippen molar-refractivity contribution in [3.8, 4) is 0 Å². The molecule has 0 saturated carbocycles. The van der Waals surface area contributed by atoms with Gasteiger partial charge in [0.25, 0.3) is 0 Å². The Bertz CT molecular complexity index is 1320. The van der Waals surface area contributed by atoms with Crippen molar-refractivity contribution in [1.82, 2.24) is 15.3 Å². The third-order valence-corrected chi connectivity index (χ3v) is 7.60. The van der Waals surface area contributed by atoms with Crippen molar-refractivity contribution in [2.24, 2.45) is 5.92 Å². The van der Waals surface area contributed by atoms with E-state index in [1.54, 1.807) is 0 Å². The second kappa shape index (κ2) is 17.9. The first kappa shape index (κ1) is 33.6. The summed E-state index contributed by atoms with van der Waals surface area (Å²) in [5, 5.41) is 6.83. The first-order chi connectivity index (χ1) is 21.0. The largest absolute Gasteiger partial charge is 0.378 e. The molecule has 1 aliphatic heterocycles. The van der Waals surface area contributed by atoms with E-state index in [1.807, 2.05) is 25.3 Å². The van der Waals surface area contributed by atoms with Gasteiger partial charge in [0.15, 0.2) is 0 Å². The Morgan fingerprint density at radius 1 is 1.07 bits per heavy atom. The predicted molar refractivity (Wildman–Crippen MR) is 185 cm³/mol. The topological polar surface area (TPSA) is 62.3 Å². The van der Waals surface area contributed by atoms with Crippen molar-refractivity contribution >= 4 is 17.8 Å². The number of anilines is 2. The molecule has 230 valence electrons. The highest BCUT2D eigenvalue weighted by atomic mass is 16.5. The molecule has 1 unspecified atom stereocenters. The zero-order chi connectivity index (χ0) is 31.0. The third kappa shape index (κ3) is 9.82. The Hall–Kier alpha value is -3.90. The second-order valence-corrected chi connectivity index (χ2v) is 10.8. The van der Waals surface area contributed by atoms with Gasteiger partial charge in [-0.3, -0.25) is 0 Å². The molecule has 0 radical (unpaired) electrons. The minimum absolute atomic E-state index is 0.504. The lowest BCUT2D eigenvalue weighted by molar-refractivity contribution is 0.122. The van der Waals surface area contributed by atoms with Crippen molar-refractivity contribution in [2.75, 3.05) is 43.6 Å². The first-order valence-corrected chi connectivity index (χ1v) is 15.8. The molecule has 1 aromatic rings. The van der Waals surface area contributed by atoms with Crippen LogP contribution in [0.2, 0.25) is 0 Å². The van der Waals surface area contributed by atoms with Gasteiger partial charge in [0, 0.05) is 32.1 Å². The molecule has 0 bridgehead atoms. The Morgan fingerprint density at radius 3 is 2.51 bits per heavy atom. The van der Waals surface area contributed by atoms with Gasteiger partial charge in [0.1, 0.15) is 11.6 Å². The fraction of sp³-hybridized carbons (Fsp3) is 0.405. The van der Waals surface area contributed by atoms with E-state index >= 15 is 0 Å². The number of hydrogen-bond donors (Lipinski definition) is 2. The molecular weight excluding hydrogens is 530 g/mol. The van der Waals surface area contributed by atoms with Crippen LogP contribution in [0, 0.1) is 5.92 Å². The number of morpholine rings is 1. The maximum absolute atomic E-state index is 5.67. The number of hydrogen-bond acceptors (Lipinski definition) is 6. The number of nitrogens with zero attached hydrogens (tertiary/aromatic N) is 3. The molecule has 6 heteroatoms. The maximum Gasteiger partial charge on any atom is 0.230 e. The van der Waals surface area contributed by atoms with Crippen LogP contribution in [0.25, 0.3) is 6.08 Å². The molecule has 1 aromatic heterocycles. The smallest absolute Gasteiger partial charge is 0.230 e. The summed E-state index contributed by atoms with van der Waals surface area (Å²) in [5.41, 5.74) is 7.02. The van der Waals surface area contributed by atoms with Crippen LogP contribution in [-0.2, 0) is 11.2 Å². The standard InChI is InChI=1S/C37H51N5O/c1-8-13-14-18-29(15-9-2)32-25-33-34(26-32)39-37(41-36(33)42-21-23-43-24-22-42)40-35(38-7)27-31(17-11-4)30(16-10-3)20-19-28(6)12-5/h8,10,13-14,16-20,26-28,38H,1,3,9,11-12,15,21-25H2,2,4-7H3,(H,39,40,41)/b14-13-,20-19-,29-18+,30-16+,31-17+,35-27+. The highest BCUT2D eigenvalue weighted by Crippen LogP contribution is 2.36. The second-order valence-electron chi connectivity index (χ2n) is 10.8. The van der Waals surface area contributed by atoms with Crippen LogP contribution in [0.15, 0.2) is 102 Å². The number of allylic oxidation sites excluding steroid dienone is 14. The minimum atomic E-state index is 0.504. The lowest BCUT2D eigenvalue weighted by atomic mass is 9.99. The fourth-order valence-electron chi connectivity index (χ4n) is 5.06. The van der Waals surface area contributed by atoms with E-state index in [9.17, 15) is 0 Å². The van der Waals surface area contributed by atoms with E-state index in [0.717, 1.165) is 73.7 Å². The molecule has 1 fully saturated rings. The van der Waals surface area contributed by atoms with Gasteiger partial charge in [-0.2, -0.15) is 4.98 Å². The predicted octanol–water partition coefficient (Wildman–Crippen LogP) is 8.25. The normalized spacial score (nSPS) is 17.3. The molecule has 2 heterocycles. The lowest BCUT2D eigenvalue weighted by Crippen LogP contribution is -2.37. The molecule has 0 aromatic carbocycles. The Balaban J connectivity index is 2.03. The number of rotatable bonds is 16. The summed E-state index contributed by atoms with van der Waals surface area (Å²) >= 11 is 0. The van der Waals surface area contributed by atoms with Gasteiger partial charge in [0.2, 0.25) is 5.95 Å². The summed E-state index contributed by atoms with van der Waals surface area (Å²) < 4.78 is 5.67. The fourth-order valence-corrected chi connectivity index (χ4v) is 5.06. The zero-order valence-electron chi connectivity index (χ0n) is 27.0. The average molecular weight is 582 g/mol. The lowest BCUT2D eigenvalue weighted by Gasteiger charge is -2.29. The Kier molecular flexibility index (Phi) is 14.0. The number of ether oxygens (including phenoxy) is 1. The summed E-state index contributed by atoms with van der Waals surface area (Å²) in [6.07, 6.45) is 27.9. The van der Waals surface area contributed by atoms with E-state index in [1.165, 1.54) is 16.7 Å². The van der Waals surface area contributed by atoms with Gasteiger partial charge in [-0.15, -0.1) is 0 Å². The van der Waals surface area contributed by atoms with Crippen LogP contribution in [-0.4, -0.2) is 43.3 Å². The van der Waals surface area contributed by atoms with Crippen LogP contribution in [0.1, 0.15) is 64.6 Å². The average Bonchev–Trinajstić information content (AvgIpc) is 3.46. The highest BCUT2D eigenvalue weighted by molar-refractivity contribution is 5.73. The molecule has 2 N–H and O–H groups in total. The van der Waals surface area contributed by atoms with Crippen molar-refractivity contribution in [2.45, 2.75) is 59.8 Å². The van der Waals surface area contributed by atoms with Crippen molar-refractivity contribution < 1.29 is 4.74 Å². The molecule has 1 saturated heterocycles. The highest BCUT2D eigenvalue weighted by Gasteiger charge is 2.26. The van der Waals surface area contributed by atoms with Crippen molar-refractivity contribution in [1.29, 1.82) is 0 Å². The summed E-state index contributed by atoms with van der Waals surface area (Å²) in [6.45, 7) is 19.6. The van der Waals surface area contributed by atoms with Crippen LogP contribution < -0.4 is 15.5 Å². The minimum Gasteiger partial charge on any atom is -0.378 e. The molecule has 43 heavy (non-hydrogen) atoms. The summed E-state index contributed by atoms with van der Waals surface area (Å²) in [5.74, 6) is 2.89. The Morgan fingerprint density at radius 2 is 1.86 bits per heavy atom. The van der Waals surface area contributed by atoms with Gasteiger partial charge in [-0.05, 0) is 53.2 Å². The quantitative estimate of drug-likeness (QED) is 0.192. The Labute approximate surface area is 260 Å². The molecule has 1 atom stereocenters. The molecular formula is C37H51N5O. The molecule has 3 rings (SSSR count). The van der Waals surface area contributed by atoms with E-state index < -0.39 is 0 Å².